The summed E-state index contributed by atoms with van der Waals surface area (Å²) < 4.78 is 118. The molecule has 0 saturated carbocycles. The third kappa shape index (κ3) is 17.2. The van der Waals surface area contributed by atoms with Crippen molar-refractivity contribution < 1.29 is 68.7 Å². The van der Waals surface area contributed by atoms with Crippen molar-refractivity contribution in [2.45, 2.75) is 89.0 Å². The summed E-state index contributed by atoms with van der Waals surface area (Å²) in [6, 6.07) is 26.2. The van der Waals surface area contributed by atoms with Gasteiger partial charge in [-0.25, -0.2) is 9.46 Å². The number of nitrogens with one attached hydrogen (secondary N) is 4. The first-order valence-corrected chi connectivity index (χ1v) is 25.8. The number of methoxy groups -OCH3 is 2. The van der Waals surface area contributed by atoms with E-state index < -0.39 is 87.0 Å². The smallest absolute Gasteiger partial charge is 0.471 e. The normalized spacial score (nSPS) is 16.4. The Hall–Kier alpha value is -6.65. The second-order valence-electron chi connectivity index (χ2n) is 18.1. The minimum absolute atomic E-state index is 0.00771. The van der Waals surface area contributed by atoms with Crippen LogP contribution < -0.4 is 36.7 Å². The number of hydrogen-bond acceptors (Lipinski definition) is 14. The number of ether oxygens (including phenoxy) is 4. The Morgan fingerprint density at radius 1 is 0.808 bits per heavy atom. The lowest BCUT2D eigenvalue weighted by molar-refractivity contribution is -0.173. The molecule has 19 nitrogen and oxygen atoms in total. The van der Waals surface area contributed by atoms with Crippen LogP contribution >= 0.6 is 8.53 Å². The van der Waals surface area contributed by atoms with Crippen molar-refractivity contribution in [1.82, 2.24) is 35.1 Å². The second-order valence-corrected chi connectivity index (χ2v) is 19.5. The summed E-state index contributed by atoms with van der Waals surface area (Å²) in [5, 5.41) is 15.2. The molecule has 1 saturated heterocycles. The molecule has 4 atom stereocenters. The molecule has 0 radical (unpaired) electrons. The van der Waals surface area contributed by atoms with E-state index in [2.05, 4.69) is 16.4 Å². The maximum Gasteiger partial charge on any atom is 0.471 e. The highest BCUT2D eigenvalue weighted by molar-refractivity contribution is 7.44. The van der Waals surface area contributed by atoms with Gasteiger partial charge in [0.25, 0.3) is 14.1 Å². The minimum Gasteiger partial charge on any atom is -0.497 e. The summed E-state index contributed by atoms with van der Waals surface area (Å²) in [7, 11) is 1.24. The fraction of sp³-hybridized carbons (Fsp3) is 0.462. The number of nitrogens with zero attached hydrogens (tertiary/aromatic N) is 4. The van der Waals surface area contributed by atoms with E-state index >= 15 is 0 Å². The van der Waals surface area contributed by atoms with Gasteiger partial charge in [0, 0.05) is 70.0 Å². The van der Waals surface area contributed by atoms with Crippen LogP contribution in [0.2, 0.25) is 0 Å². The molecule has 3 aromatic carbocycles. The molecule has 4 unspecified atom stereocenters. The van der Waals surface area contributed by atoms with E-state index in [0.717, 1.165) is 33.4 Å². The van der Waals surface area contributed by atoms with Crippen LogP contribution in [0.3, 0.4) is 0 Å². The molecule has 0 spiro atoms. The minimum atomic E-state index is -5.18. The van der Waals surface area contributed by atoms with Crippen LogP contribution in [-0.4, -0.2) is 140 Å². The van der Waals surface area contributed by atoms with Gasteiger partial charge in [0.05, 0.1) is 51.6 Å². The first-order valence-electron chi connectivity index (χ1n) is 24.6. The lowest BCUT2D eigenvalue weighted by Gasteiger charge is -2.39. The zero-order valence-corrected chi connectivity index (χ0v) is 44.6. The van der Waals surface area contributed by atoms with Gasteiger partial charge in [-0.05, 0) is 74.7 Å². The largest absolute Gasteiger partial charge is 0.497 e. The van der Waals surface area contributed by atoms with Crippen LogP contribution in [0.25, 0.3) is 6.08 Å². The molecular weight excluding hydrogens is 1060 g/mol. The van der Waals surface area contributed by atoms with Gasteiger partial charge in [-0.15, -0.1) is 0 Å². The molecule has 0 bridgehead atoms. The highest BCUT2D eigenvalue weighted by Gasteiger charge is 2.45. The summed E-state index contributed by atoms with van der Waals surface area (Å²) in [5.74, 6) is -4.05. The zero-order valence-electron chi connectivity index (χ0n) is 43.7. The van der Waals surface area contributed by atoms with E-state index in [4.69, 9.17) is 28.0 Å². The topological polar surface area (TPSA) is 228 Å². The lowest BCUT2D eigenvalue weighted by atomic mass is 9.80. The highest BCUT2D eigenvalue weighted by atomic mass is 31.2. The predicted molar refractivity (Wildman–Crippen MR) is 275 cm³/mol. The Balaban J connectivity index is 1.45. The summed E-state index contributed by atoms with van der Waals surface area (Å²) in [6.45, 7) is 5.66. The molecule has 5 rings (SSSR count). The van der Waals surface area contributed by atoms with E-state index in [1.807, 2.05) is 111 Å². The fourth-order valence-corrected chi connectivity index (χ4v) is 10.2. The van der Waals surface area contributed by atoms with Crippen molar-refractivity contribution in [3.05, 3.63) is 134 Å². The molecule has 0 aliphatic carbocycles. The van der Waals surface area contributed by atoms with Crippen LogP contribution in [0, 0.1) is 11.3 Å². The van der Waals surface area contributed by atoms with Crippen molar-refractivity contribution in [3.8, 4) is 17.6 Å². The number of aromatic amines is 1. The number of H-pyrrole nitrogens is 1. The van der Waals surface area contributed by atoms with Crippen molar-refractivity contribution >= 4 is 32.3 Å². The summed E-state index contributed by atoms with van der Waals surface area (Å²) in [4.78, 5) is 66.2. The molecule has 1 fully saturated rings. The van der Waals surface area contributed by atoms with Crippen LogP contribution in [0.15, 0.2) is 101 Å². The molecular formula is C52H63F6N8O11P. The quantitative estimate of drug-likeness (QED) is 0.0161. The van der Waals surface area contributed by atoms with E-state index in [9.17, 15) is 55.6 Å². The van der Waals surface area contributed by atoms with Crippen molar-refractivity contribution in [1.29, 1.82) is 5.26 Å². The Labute approximate surface area is 447 Å². The molecule has 26 heteroatoms. The third-order valence-corrected chi connectivity index (χ3v) is 14.3. The molecule has 2 heterocycles. The number of benzene rings is 3. The SMILES string of the molecule is COc1ccc(C(OCC2OC(n3cc(C=CC(=O)NCCN(CCNC(=O)C(F)(F)F)CCNC(=O)C(F)(F)F)c(=O)[nH]c3=O)CC2OP(OCCC#N)N(C(C)C)C(C)C)(c2ccccc2)c2ccc(OC)cc2)cc1. The molecule has 78 heavy (non-hydrogen) atoms. The highest BCUT2D eigenvalue weighted by Crippen LogP contribution is 2.51. The van der Waals surface area contributed by atoms with Crippen molar-refractivity contribution in [3.63, 3.8) is 0 Å². The standard InChI is InChI=1S/C52H63F6N8O11P/c1-34(2)66(35(3)4)78(75-30-10-23-59)77-42-31-45(76-43(42)33-74-50(37-11-8-7-9-12-37,38-14-18-40(72-5)19-15-38)39-16-20-41(73-6)21-17-39)65-32-36(46(68)63-49(65)71)13-22-44(67)60-24-27-64(28-25-61-47(69)51(53,54)55)29-26-62-48(70)52(56,57)58/h7-9,11-22,32,34-35,42-43,45H,10,24-31,33H2,1-6H3,(H,60,67)(H,61,69)(H,62,70)(H,63,68,71). The predicted octanol–water partition coefficient (Wildman–Crippen LogP) is 6.30. The maximum atomic E-state index is 13.7. The van der Waals surface area contributed by atoms with Crippen LogP contribution in [-0.2, 0) is 38.5 Å². The lowest BCUT2D eigenvalue weighted by Crippen LogP contribution is -2.46. The van der Waals surface area contributed by atoms with Gasteiger partial charge in [-0.3, -0.25) is 33.6 Å². The van der Waals surface area contributed by atoms with E-state index in [0.29, 0.717) is 11.5 Å². The number of carbonyl (C=O) groups is 3. The molecule has 1 aliphatic heterocycles. The molecule has 3 amide bonds. The molecule has 1 aliphatic rings. The monoisotopic (exact) mass is 1120 g/mol. The number of hydrogen-bond donors (Lipinski definition) is 4. The molecule has 4 aromatic rings. The van der Waals surface area contributed by atoms with Gasteiger partial charge in [-0.2, -0.15) is 31.6 Å². The van der Waals surface area contributed by atoms with Gasteiger partial charge in [0.1, 0.15) is 29.4 Å². The molecule has 424 valence electrons. The van der Waals surface area contributed by atoms with Gasteiger partial charge in [0.15, 0.2) is 0 Å². The molecule has 1 aromatic heterocycles. The number of aromatic nitrogens is 2. The van der Waals surface area contributed by atoms with Gasteiger partial charge in [0.2, 0.25) is 5.91 Å². The Morgan fingerprint density at radius 2 is 1.32 bits per heavy atom. The average Bonchev–Trinajstić information content (AvgIpc) is 3.88. The Morgan fingerprint density at radius 3 is 1.81 bits per heavy atom. The van der Waals surface area contributed by atoms with E-state index in [1.54, 1.807) is 24.9 Å². The Kier molecular flexibility index (Phi) is 23.0. The van der Waals surface area contributed by atoms with Crippen LogP contribution in [0.5, 0.6) is 11.5 Å². The maximum absolute atomic E-state index is 13.7. The van der Waals surface area contributed by atoms with Crippen molar-refractivity contribution in [2.75, 3.05) is 66.7 Å². The van der Waals surface area contributed by atoms with E-state index in [-0.39, 0.29) is 69.9 Å². The first-order chi connectivity index (χ1) is 37.0. The Bertz CT molecular complexity index is 2690. The number of alkyl halides is 6. The van der Waals surface area contributed by atoms with Gasteiger partial charge < -0.3 is 43.9 Å². The molecule has 4 N–H and O–H groups in total. The zero-order chi connectivity index (χ0) is 57.2. The van der Waals surface area contributed by atoms with Gasteiger partial charge in [-0.1, -0.05) is 54.6 Å². The number of amides is 3. The average molecular weight is 1120 g/mol. The van der Waals surface area contributed by atoms with Crippen LogP contribution in [0.1, 0.15) is 69.0 Å². The number of rotatable bonds is 28. The first kappa shape index (κ1) is 62.2. The summed E-state index contributed by atoms with van der Waals surface area (Å²) >= 11 is 0. The third-order valence-electron chi connectivity index (χ3n) is 12.1. The fourth-order valence-electron chi connectivity index (χ4n) is 8.41. The summed E-state index contributed by atoms with van der Waals surface area (Å²) in [6.07, 6.45) is -9.90. The van der Waals surface area contributed by atoms with Crippen molar-refractivity contribution in [2.24, 2.45) is 0 Å². The van der Waals surface area contributed by atoms with E-state index in [1.165, 1.54) is 11.1 Å². The number of halogens is 6. The van der Waals surface area contributed by atoms with Crippen LogP contribution in [0.4, 0.5) is 26.3 Å². The summed E-state index contributed by atoms with van der Waals surface area (Å²) in [5.41, 5.74) is -1.01. The second kappa shape index (κ2) is 28.8. The number of nitriles is 1. The number of carbonyl (C=O) groups excluding carboxylic acids is 3. The van der Waals surface area contributed by atoms with Gasteiger partial charge >= 0.3 is 29.9 Å².